The van der Waals surface area contributed by atoms with E-state index < -0.39 is 0 Å². The summed E-state index contributed by atoms with van der Waals surface area (Å²) < 4.78 is 0.910. The van der Waals surface area contributed by atoms with E-state index >= 15 is 0 Å². The van der Waals surface area contributed by atoms with Crippen molar-refractivity contribution in [1.82, 2.24) is 4.90 Å². The van der Waals surface area contributed by atoms with Gasteiger partial charge >= 0.3 is 0 Å². The molecule has 130 valence electrons. The van der Waals surface area contributed by atoms with Gasteiger partial charge in [0.2, 0.25) is 5.91 Å². The van der Waals surface area contributed by atoms with Crippen LogP contribution in [0.2, 0.25) is 0 Å². The molecule has 6 heteroatoms. The Bertz CT molecular complexity index is 756. The number of likely N-dealkylation sites (tertiary alicyclic amines) is 1. The number of halogens is 1. The fraction of sp³-hybridized carbons (Fsp3) is 0.263. The van der Waals surface area contributed by atoms with Gasteiger partial charge in [-0.05, 0) is 65.2 Å². The average Bonchev–Trinajstić information content (AvgIpc) is 3.16. The molecule has 1 fully saturated rings. The lowest BCUT2D eigenvalue weighted by molar-refractivity contribution is -0.114. The predicted octanol–water partition coefficient (Wildman–Crippen LogP) is 3.74. The van der Waals surface area contributed by atoms with E-state index in [0.717, 1.165) is 36.1 Å². The minimum atomic E-state index is -0.144. The number of carbonyl (C=O) groups excluding carboxylic acids is 2. The minimum absolute atomic E-state index is 0.0611. The molecule has 3 rings (SSSR count). The average molecular weight is 402 g/mol. The molecule has 0 radical (unpaired) electrons. The monoisotopic (exact) mass is 401 g/mol. The van der Waals surface area contributed by atoms with Crippen LogP contribution in [0.25, 0.3) is 0 Å². The summed E-state index contributed by atoms with van der Waals surface area (Å²) in [6.07, 6.45) is 2.15. The summed E-state index contributed by atoms with van der Waals surface area (Å²) in [5, 5.41) is 5.91. The van der Waals surface area contributed by atoms with Gasteiger partial charge in [-0.3, -0.25) is 9.59 Å². The Morgan fingerprint density at radius 3 is 2.36 bits per heavy atom. The highest BCUT2D eigenvalue weighted by Crippen LogP contribution is 2.21. The van der Waals surface area contributed by atoms with E-state index in [9.17, 15) is 9.59 Å². The third-order valence-corrected chi connectivity index (χ3v) is 4.81. The van der Waals surface area contributed by atoms with Crippen LogP contribution < -0.4 is 10.6 Å². The first-order valence-corrected chi connectivity index (χ1v) is 9.10. The van der Waals surface area contributed by atoms with Crippen molar-refractivity contribution in [3.8, 4) is 0 Å². The zero-order valence-corrected chi connectivity index (χ0v) is 15.4. The molecular formula is C19H20BrN3O2. The van der Waals surface area contributed by atoms with Crippen molar-refractivity contribution in [1.29, 1.82) is 0 Å². The molecule has 2 aromatic rings. The maximum atomic E-state index is 12.3. The number of nitrogens with one attached hydrogen (secondary N) is 2. The van der Waals surface area contributed by atoms with Gasteiger partial charge in [0.25, 0.3) is 5.91 Å². The topological polar surface area (TPSA) is 61.4 Å². The normalized spacial score (nSPS) is 13.6. The number of para-hydroxylation sites is 1. The summed E-state index contributed by atoms with van der Waals surface area (Å²) in [6.45, 7) is 1.83. The van der Waals surface area contributed by atoms with Crippen LogP contribution in [0.4, 0.5) is 11.4 Å². The number of hydrogen-bond donors (Lipinski definition) is 2. The molecule has 5 nitrogen and oxygen atoms in total. The number of anilines is 2. The van der Waals surface area contributed by atoms with Gasteiger partial charge in [-0.25, -0.2) is 0 Å². The molecule has 0 aromatic heterocycles. The highest BCUT2D eigenvalue weighted by molar-refractivity contribution is 9.10. The Morgan fingerprint density at radius 1 is 1.00 bits per heavy atom. The molecule has 2 aromatic carbocycles. The van der Waals surface area contributed by atoms with Crippen LogP contribution in [0.1, 0.15) is 23.2 Å². The molecule has 2 N–H and O–H groups in total. The van der Waals surface area contributed by atoms with Crippen LogP contribution in [0, 0.1) is 0 Å². The summed E-state index contributed by atoms with van der Waals surface area (Å²) in [5.41, 5.74) is 2.20. The maximum absolute atomic E-state index is 12.3. The number of carbonyl (C=O) groups is 2. The molecule has 0 unspecified atom stereocenters. The smallest absolute Gasteiger partial charge is 0.253 e. The first-order chi connectivity index (χ1) is 12.1. The van der Waals surface area contributed by atoms with E-state index in [-0.39, 0.29) is 18.4 Å². The number of nitrogens with zero attached hydrogens (tertiary/aromatic N) is 1. The molecule has 0 spiro atoms. The second kappa shape index (κ2) is 8.16. The fourth-order valence-electron chi connectivity index (χ4n) is 2.78. The van der Waals surface area contributed by atoms with Gasteiger partial charge in [-0.15, -0.1) is 0 Å². The summed E-state index contributed by atoms with van der Waals surface area (Å²) in [6, 6.07) is 14.7. The Balaban J connectivity index is 1.53. The highest BCUT2D eigenvalue weighted by atomic mass is 79.9. The quantitative estimate of drug-likeness (QED) is 0.801. The van der Waals surface area contributed by atoms with Crippen molar-refractivity contribution in [3.05, 3.63) is 58.6 Å². The van der Waals surface area contributed by atoms with Gasteiger partial charge in [0, 0.05) is 34.5 Å². The number of amides is 2. The van der Waals surface area contributed by atoms with Crippen LogP contribution in [0.15, 0.2) is 53.0 Å². The van der Waals surface area contributed by atoms with E-state index in [2.05, 4.69) is 26.6 Å². The molecule has 0 bridgehead atoms. The second-order valence-corrected chi connectivity index (χ2v) is 6.81. The van der Waals surface area contributed by atoms with Crippen molar-refractivity contribution in [2.45, 2.75) is 12.8 Å². The maximum Gasteiger partial charge on any atom is 0.253 e. The molecule has 1 aliphatic rings. The van der Waals surface area contributed by atoms with Gasteiger partial charge in [0.15, 0.2) is 0 Å². The first kappa shape index (κ1) is 17.5. The van der Waals surface area contributed by atoms with E-state index in [1.807, 2.05) is 29.2 Å². The SMILES string of the molecule is O=C(CNc1ccccc1Br)Nc1ccc(C(=O)N2CCCC2)cc1. The van der Waals surface area contributed by atoms with Crippen molar-refractivity contribution < 1.29 is 9.59 Å². The van der Waals surface area contributed by atoms with E-state index in [4.69, 9.17) is 0 Å². The molecule has 25 heavy (non-hydrogen) atoms. The van der Waals surface area contributed by atoms with E-state index in [1.165, 1.54) is 0 Å². The van der Waals surface area contributed by atoms with E-state index in [1.54, 1.807) is 24.3 Å². The molecule has 1 heterocycles. The number of benzene rings is 2. The molecular weight excluding hydrogens is 382 g/mol. The van der Waals surface area contributed by atoms with Crippen molar-refractivity contribution >= 4 is 39.1 Å². The lowest BCUT2D eigenvalue weighted by Gasteiger charge is -2.15. The Hall–Kier alpha value is -2.34. The van der Waals surface area contributed by atoms with Crippen LogP contribution in [0.3, 0.4) is 0 Å². The third kappa shape index (κ3) is 4.60. The molecule has 1 aliphatic heterocycles. The van der Waals surface area contributed by atoms with Crippen LogP contribution >= 0.6 is 15.9 Å². The Labute approximate surface area is 155 Å². The number of hydrogen-bond acceptors (Lipinski definition) is 3. The lowest BCUT2D eigenvalue weighted by atomic mass is 10.2. The summed E-state index contributed by atoms with van der Waals surface area (Å²) >= 11 is 3.43. The second-order valence-electron chi connectivity index (χ2n) is 5.96. The third-order valence-electron chi connectivity index (χ3n) is 4.12. The van der Waals surface area contributed by atoms with Gasteiger partial charge < -0.3 is 15.5 Å². The van der Waals surface area contributed by atoms with Gasteiger partial charge in [0.05, 0.1) is 6.54 Å². The zero-order valence-electron chi connectivity index (χ0n) is 13.8. The molecule has 0 atom stereocenters. The molecule has 2 amide bonds. The summed E-state index contributed by atoms with van der Waals surface area (Å²) in [5.74, 6) is -0.0830. The van der Waals surface area contributed by atoms with Crippen molar-refractivity contribution in [3.63, 3.8) is 0 Å². The summed E-state index contributed by atoms with van der Waals surface area (Å²) in [4.78, 5) is 26.2. The van der Waals surface area contributed by atoms with E-state index in [0.29, 0.717) is 11.3 Å². The standard InChI is InChI=1S/C19H20BrN3O2/c20-16-5-1-2-6-17(16)21-13-18(24)22-15-9-7-14(8-10-15)19(25)23-11-3-4-12-23/h1-2,5-10,21H,3-4,11-13H2,(H,22,24). The van der Waals surface area contributed by atoms with Crippen molar-refractivity contribution in [2.75, 3.05) is 30.3 Å². The largest absolute Gasteiger partial charge is 0.375 e. The first-order valence-electron chi connectivity index (χ1n) is 8.31. The Kier molecular flexibility index (Phi) is 5.71. The summed E-state index contributed by atoms with van der Waals surface area (Å²) in [7, 11) is 0. The van der Waals surface area contributed by atoms with Gasteiger partial charge in [-0.2, -0.15) is 0 Å². The van der Waals surface area contributed by atoms with Crippen molar-refractivity contribution in [2.24, 2.45) is 0 Å². The predicted molar refractivity (Wildman–Crippen MR) is 103 cm³/mol. The van der Waals surface area contributed by atoms with Crippen LogP contribution in [0.5, 0.6) is 0 Å². The molecule has 0 saturated carbocycles. The van der Waals surface area contributed by atoms with Gasteiger partial charge in [0.1, 0.15) is 0 Å². The minimum Gasteiger partial charge on any atom is -0.375 e. The molecule has 0 aliphatic carbocycles. The zero-order chi connectivity index (χ0) is 17.6. The van der Waals surface area contributed by atoms with Crippen LogP contribution in [-0.4, -0.2) is 36.3 Å². The molecule has 1 saturated heterocycles. The van der Waals surface area contributed by atoms with Crippen LogP contribution in [-0.2, 0) is 4.79 Å². The lowest BCUT2D eigenvalue weighted by Crippen LogP contribution is -2.27. The van der Waals surface area contributed by atoms with Gasteiger partial charge in [-0.1, -0.05) is 12.1 Å². The fourth-order valence-corrected chi connectivity index (χ4v) is 3.21. The number of rotatable bonds is 5. The highest BCUT2D eigenvalue weighted by Gasteiger charge is 2.19. The Morgan fingerprint density at radius 2 is 1.68 bits per heavy atom.